The third-order valence-electron chi connectivity index (χ3n) is 6.01. The maximum absolute atomic E-state index is 2.71. The van der Waals surface area contributed by atoms with Crippen LogP contribution in [0.25, 0.3) is 0 Å². The van der Waals surface area contributed by atoms with Crippen molar-refractivity contribution >= 4 is 0 Å². The molecule has 2 bridgehead atoms. The first kappa shape index (κ1) is 14.8. The molecule has 1 aromatic rings. The Morgan fingerprint density at radius 3 is 2.86 bits per heavy atom. The summed E-state index contributed by atoms with van der Waals surface area (Å²) in [5, 5.41) is 0. The van der Waals surface area contributed by atoms with Crippen LogP contribution in [0, 0.1) is 12.8 Å². The van der Waals surface area contributed by atoms with E-state index in [1.165, 1.54) is 30.5 Å². The quantitative estimate of drug-likeness (QED) is 0.723. The Labute approximate surface area is 130 Å². The van der Waals surface area contributed by atoms with Gasteiger partial charge < -0.3 is 0 Å². The maximum Gasteiger partial charge on any atom is 0.0173 e. The zero-order valence-corrected chi connectivity index (χ0v) is 14.2. The van der Waals surface area contributed by atoms with Gasteiger partial charge in [-0.15, -0.1) is 0 Å². The minimum absolute atomic E-state index is 0.367. The molecule has 1 aliphatic carbocycles. The Bertz CT molecular complexity index is 567. The lowest BCUT2D eigenvalue weighted by Gasteiger charge is -2.54. The first-order valence-electron chi connectivity index (χ1n) is 8.39. The highest BCUT2D eigenvalue weighted by atomic mass is 15.2. The highest BCUT2D eigenvalue weighted by molar-refractivity contribution is 5.42. The average Bonchev–Trinajstić information content (AvgIpc) is 2.43. The van der Waals surface area contributed by atoms with Crippen molar-refractivity contribution in [2.75, 3.05) is 13.1 Å². The van der Waals surface area contributed by atoms with Gasteiger partial charge in [0.25, 0.3) is 0 Å². The molecule has 0 amide bonds. The number of benzene rings is 1. The number of aryl methyl sites for hydroxylation is 1. The van der Waals surface area contributed by atoms with Crippen LogP contribution in [-0.4, -0.2) is 24.0 Å². The van der Waals surface area contributed by atoms with Crippen LogP contribution in [0.2, 0.25) is 0 Å². The van der Waals surface area contributed by atoms with Crippen molar-refractivity contribution in [2.45, 2.75) is 58.9 Å². The van der Waals surface area contributed by atoms with E-state index >= 15 is 0 Å². The number of hydrogen-bond acceptors (Lipinski definition) is 1. The molecule has 0 spiro atoms. The van der Waals surface area contributed by atoms with Crippen LogP contribution in [0.1, 0.15) is 50.8 Å². The van der Waals surface area contributed by atoms with E-state index in [0.29, 0.717) is 11.5 Å². The zero-order chi connectivity index (χ0) is 15.2. The molecule has 3 atom stereocenters. The number of likely N-dealkylation sites (tertiary alicyclic amines) is 1. The molecule has 1 heteroatoms. The summed E-state index contributed by atoms with van der Waals surface area (Å²) in [4.78, 5) is 2.71. The third kappa shape index (κ3) is 2.46. The van der Waals surface area contributed by atoms with Gasteiger partial charge in [-0.1, -0.05) is 49.3 Å². The molecule has 3 rings (SSSR count). The fraction of sp³-hybridized carbons (Fsp3) is 0.600. The third-order valence-corrected chi connectivity index (χ3v) is 6.01. The molecule has 0 aromatic heterocycles. The number of fused-ring (bicyclic) bond motifs is 4. The summed E-state index contributed by atoms with van der Waals surface area (Å²) < 4.78 is 0. The molecule has 0 N–H and O–H groups in total. The molecule has 1 nitrogen and oxygen atoms in total. The van der Waals surface area contributed by atoms with Gasteiger partial charge in [0.05, 0.1) is 0 Å². The van der Waals surface area contributed by atoms with Crippen molar-refractivity contribution in [3.63, 3.8) is 0 Å². The summed E-state index contributed by atoms with van der Waals surface area (Å²) in [5.41, 5.74) is 6.43. The molecule has 0 radical (unpaired) electrons. The van der Waals surface area contributed by atoms with Crippen LogP contribution in [-0.2, 0) is 11.8 Å². The van der Waals surface area contributed by atoms with Gasteiger partial charge in [0.2, 0.25) is 0 Å². The number of hydrogen-bond donors (Lipinski definition) is 0. The molecular formula is C20H29N. The van der Waals surface area contributed by atoms with E-state index < -0.39 is 0 Å². The Balaban J connectivity index is 1.96. The van der Waals surface area contributed by atoms with Crippen LogP contribution >= 0.6 is 0 Å². The number of nitrogens with zero attached hydrogens (tertiary/aromatic N) is 1. The van der Waals surface area contributed by atoms with Gasteiger partial charge in [-0.3, -0.25) is 4.90 Å². The summed E-state index contributed by atoms with van der Waals surface area (Å²) in [6, 6.07) is 7.82. The van der Waals surface area contributed by atoms with Crippen molar-refractivity contribution in [3.05, 3.63) is 46.5 Å². The Hall–Kier alpha value is -1.08. The molecule has 1 aromatic carbocycles. The van der Waals surface area contributed by atoms with Gasteiger partial charge in [-0.25, -0.2) is 0 Å². The molecule has 21 heavy (non-hydrogen) atoms. The number of allylic oxidation sites excluding steroid dienone is 1. The molecule has 1 saturated heterocycles. The fourth-order valence-electron chi connectivity index (χ4n) is 4.35. The molecule has 1 heterocycles. The minimum Gasteiger partial charge on any atom is -0.296 e. The van der Waals surface area contributed by atoms with Gasteiger partial charge in [-0.05, 0) is 62.6 Å². The lowest BCUT2D eigenvalue weighted by Crippen LogP contribution is -2.57. The van der Waals surface area contributed by atoms with E-state index in [2.05, 4.69) is 63.8 Å². The van der Waals surface area contributed by atoms with E-state index in [4.69, 9.17) is 0 Å². The first-order valence-corrected chi connectivity index (χ1v) is 8.39. The molecule has 3 unspecified atom stereocenters. The molecule has 0 saturated carbocycles. The zero-order valence-electron chi connectivity index (χ0n) is 14.2. The van der Waals surface area contributed by atoms with Gasteiger partial charge in [-0.2, -0.15) is 0 Å². The number of piperidine rings is 1. The summed E-state index contributed by atoms with van der Waals surface area (Å²) in [7, 11) is 0. The predicted molar refractivity (Wildman–Crippen MR) is 90.8 cm³/mol. The summed E-state index contributed by atoms with van der Waals surface area (Å²) in [5.74, 6) is 0.742. The first-order chi connectivity index (χ1) is 9.91. The molecule has 2 aliphatic rings. The van der Waals surface area contributed by atoms with Crippen molar-refractivity contribution in [1.29, 1.82) is 0 Å². The van der Waals surface area contributed by atoms with Gasteiger partial charge in [0.15, 0.2) is 0 Å². The fourth-order valence-corrected chi connectivity index (χ4v) is 4.35. The van der Waals surface area contributed by atoms with Crippen molar-refractivity contribution in [2.24, 2.45) is 5.92 Å². The Kier molecular flexibility index (Phi) is 3.73. The Morgan fingerprint density at radius 1 is 1.38 bits per heavy atom. The van der Waals surface area contributed by atoms with Crippen LogP contribution < -0.4 is 0 Å². The monoisotopic (exact) mass is 283 g/mol. The summed E-state index contributed by atoms with van der Waals surface area (Å²) in [6.45, 7) is 14.0. The van der Waals surface area contributed by atoms with Gasteiger partial charge in [0.1, 0.15) is 0 Å². The molecular weight excluding hydrogens is 254 g/mol. The van der Waals surface area contributed by atoms with Gasteiger partial charge in [0, 0.05) is 12.6 Å². The van der Waals surface area contributed by atoms with E-state index in [1.54, 1.807) is 11.1 Å². The standard InChI is InChI=1S/C20H29N/c1-14(2)8-10-21-11-9-20(5)16(4)19(21)13-17-7-6-15(3)12-18(17)20/h6-8,12,16,19H,9-11,13H2,1-5H3. The van der Waals surface area contributed by atoms with Gasteiger partial charge >= 0.3 is 0 Å². The van der Waals surface area contributed by atoms with Crippen molar-refractivity contribution < 1.29 is 0 Å². The second kappa shape index (κ2) is 5.28. The molecule has 114 valence electrons. The van der Waals surface area contributed by atoms with Crippen LogP contribution in [0.5, 0.6) is 0 Å². The van der Waals surface area contributed by atoms with E-state index in [-0.39, 0.29) is 0 Å². The van der Waals surface area contributed by atoms with Crippen LogP contribution in [0.15, 0.2) is 29.8 Å². The highest BCUT2D eigenvalue weighted by Crippen LogP contribution is 2.48. The van der Waals surface area contributed by atoms with Crippen LogP contribution in [0.3, 0.4) is 0 Å². The topological polar surface area (TPSA) is 3.24 Å². The molecule has 1 fully saturated rings. The Morgan fingerprint density at radius 2 is 2.14 bits per heavy atom. The van der Waals surface area contributed by atoms with Crippen LogP contribution in [0.4, 0.5) is 0 Å². The normalized spacial score (nSPS) is 31.7. The summed E-state index contributed by atoms with van der Waals surface area (Å²) in [6.07, 6.45) is 4.90. The highest BCUT2D eigenvalue weighted by Gasteiger charge is 2.47. The van der Waals surface area contributed by atoms with E-state index in [0.717, 1.165) is 12.5 Å². The molecule has 1 aliphatic heterocycles. The lowest BCUT2D eigenvalue weighted by molar-refractivity contribution is 0.0398. The van der Waals surface area contributed by atoms with Crippen molar-refractivity contribution in [3.8, 4) is 0 Å². The maximum atomic E-state index is 2.71. The minimum atomic E-state index is 0.367. The second-order valence-corrected chi connectivity index (χ2v) is 7.66. The van der Waals surface area contributed by atoms with Crippen molar-refractivity contribution in [1.82, 2.24) is 4.90 Å². The smallest absolute Gasteiger partial charge is 0.0173 e. The SMILES string of the molecule is CC(C)=CCN1CCC2(C)c3cc(C)ccc3CC1C2C. The second-order valence-electron chi connectivity index (χ2n) is 7.66. The van der Waals surface area contributed by atoms with E-state index in [9.17, 15) is 0 Å². The average molecular weight is 283 g/mol. The largest absolute Gasteiger partial charge is 0.296 e. The van der Waals surface area contributed by atoms with E-state index in [1.807, 2.05) is 0 Å². The summed E-state index contributed by atoms with van der Waals surface area (Å²) >= 11 is 0. The lowest BCUT2D eigenvalue weighted by atomic mass is 9.59. The predicted octanol–water partition coefficient (Wildman–Crippen LogP) is 4.49. The number of rotatable bonds is 2.